The molecule has 0 aliphatic rings. The van der Waals surface area contributed by atoms with Gasteiger partial charge in [0.2, 0.25) is 5.95 Å². The Bertz CT molecular complexity index is 1050. The standard InChI is InChI=1S/C21H27F3N5O2PS/c1-13(2)9-30-15-4-6-16(7-5-15)33-19-17-18(27-20(25)28-19)29(11-26-17)8-14(3)31-12-32-10-21(22,23)24/h4-7,11,13-14,32H,8-10,12H2,1-3H3,(H2,25,27,28). The number of nitrogen functional groups attached to an aromatic ring is 1. The first kappa shape index (κ1) is 25.5. The largest absolute Gasteiger partial charge is 0.493 e. The van der Waals surface area contributed by atoms with Gasteiger partial charge in [0, 0.05) is 4.90 Å². The molecule has 0 saturated heterocycles. The van der Waals surface area contributed by atoms with E-state index in [-0.39, 0.29) is 27.0 Å². The molecule has 12 heteroatoms. The lowest BCUT2D eigenvalue weighted by atomic mass is 10.2. The number of fused-ring (bicyclic) bond motifs is 1. The number of alkyl halides is 3. The Labute approximate surface area is 196 Å². The lowest BCUT2D eigenvalue weighted by molar-refractivity contribution is -0.106. The van der Waals surface area contributed by atoms with Gasteiger partial charge in [0.1, 0.15) is 16.3 Å². The summed E-state index contributed by atoms with van der Waals surface area (Å²) in [6.07, 6.45) is -3.63. The van der Waals surface area contributed by atoms with Crippen molar-refractivity contribution in [1.82, 2.24) is 19.5 Å². The number of halogens is 3. The fourth-order valence-electron chi connectivity index (χ4n) is 2.84. The van der Waals surface area contributed by atoms with Gasteiger partial charge in [-0.1, -0.05) is 34.2 Å². The molecular weight excluding hydrogens is 474 g/mol. The highest BCUT2D eigenvalue weighted by atomic mass is 32.2. The molecule has 7 nitrogen and oxygen atoms in total. The molecule has 2 aromatic heterocycles. The van der Waals surface area contributed by atoms with Gasteiger partial charge >= 0.3 is 6.18 Å². The minimum Gasteiger partial charge on any atom is -0.493 e. The van der Waals surface area contributed by atoms with E-state index in [2.05, 4.69) is 28.8 Å². The minimum atomic E-state index is -4.16. The van der Waals surface area contributed by atoms with Gasteiger partial charge in [-0.05, 0) is 37.1 Å². The summed E-state index contributed by atoms with van der Waals surface area (Å²) in [5, 5.41) is 0.618. The first-order chi connectivity index (χ1) is 15.6. The van der Waals surface area contributed by atoms with Crippen molar-refractivity contribution >= 4 is 37.5 Å². The van der Waals surface area contributed by atoms with Crippen LogP contribution in [0.15, 0.2) is 40.5 Å². The Balaban J connectivity index is 1.66. The number of nitrogens with two attached hydrogens (primary N) is 1. The van der Waals surface area contributed by atoms with Crippen molar-refractivity contribution in [3.05, 3.63) is 30.6 Å². The van der Waals surface area contributed by atoms with Crippen molar-refractivity contribution < 1.29 is 22.6 Å². The second-order valence-corrected chi connectivity index (χ2v) is 10.1. The van der Waals surface area contributed by atoms with Crippen LogP contribution in [0.25, 0.3) is 11.2 Å². The zero-order valence-electron chi connectivity index (χ0n) is 18.6. The van der Waals surface area contributed by atoms with E-state index in [0.717, 1.165) is 10.6 Å². The van der Waals surface area contributed by atoms with Crippen LogP contribution >= 0.6 is 20.3 Å². The number of hydrogen-bond donors (Lipinski definition) is 1. The van der Waals surface area contributed by atoms with Crippen LogP contribution in [0.2, 0.25) is 0 Å². The van der Waals surface area contributed by atoms with Crippen LogP contribution < -0.4 is 10.5 Å². The van der Waals surface area contributed by atoms with Crippen LogP contribution in [-0.2, 0) is 11.3 Å². The number of rotatable bonds is 11. The first-order valence-electron chi connectivity index (χ1n) is 10.4. The van der Waals surface area contributed by atoms with Gasteiger partial charge in [-0.2, -0.15) is 18.2 Å². The van der Waals surface area contributed by atoms with Crippen LogP contribution in [0.1, 0.15) is 20.8 Å². The van der Waals surface area contributed by atoms with Crippen LogP contribution in [0, 0.1) is 5.92 Å². The Morgan fingerprint density at radius 2 is 1.88 bits per heavy atom. The summed E-state index contributed by atoms with van der Waals surface area (Å²) in [7, 11) is -0.327. The summed E-state index contributed by atoms with van der Waals surface area (Å²) < 4.78 is 49.9. The van der Waals surface area contributed by atoms with Gasteiger partial charge in [0.25, 0.3) is 0 Å². The topological polar surface area (TPSA) is 88.1 Å². The van der Waals surface area contributed by atoms with Crippen molar-refractivity contribution in [2.45, 2.75) is 49.5 Å². The Hall–Kier alpha value is -2.10. The number of aromatic nitrogens is 4. The third-order valence-electron chi connectivity index (χ3n) is 4.32. The van der Waals surface area contributed by atoms with Crippen molar-refractivity contribution in [3.63, 3.8) is 0 Å². The second-order valence-electron chi connectivity index (χ2n) is 7.90. The van der Waals surface area contributed by atoms with Crippen molar-refractivity contribution in [1.29, 1.82) is 0 Å². The van der Waals surface area contributed by atoms with E-state index in [4.69, 9.17) is 15.2 Å². The molecule has 2 atom stereocenters. The monoisotopic (exact) mass is 501 g/mol. The lowest BCUT2D eigenvalue weighted by Gasteiger charge is -2.14. The molecule has 2 heterocycles. The predicted molar refractivity (Wildman–Crippen MR) is 125 cm³/mol. The Morgan fingerprint density at radius 1 is 1.15 bits per heavy atom. The maximum absolute atomic E-state index is 12.3. The van der Waals surface area contributed by atoms with Gasteiger partial charge in [0.15, 0.2) is 5.65 Å². The molecule has 0 aliphatic carbocycles. The number of nitrogens with zero attached hydrogens (tertiary/aromatic N) is 4. The van der Waals surface area contributed by atoms with Gasteiger partial charge in [-0.3, -0.25) is 0 Å². The SMILES string of the molecule is CC(C)COc1ccc(Sc2nc(N)nc3c2ncn3CC(C)OCPCC(F)(F)F)cc1. The number of ether oxygens (including phenoxy) is 2. The highest BCUT2D eigenvalue weighted by molar-refractivity contribution is 7.99. The average Bonchev–Trinajstić information content (AvgIpc) is 3.12. The number of imidazole rings is 1. The molecule has 0 radical (unpaired) electrons. The van der Waals surface area contributed by atoms with Crippen molar-refractivity contribution in [2.75, 3.05) is 24.9 Å². The van der Waals surface area contributed by atoms with E-state index >= 15 is 0 Å². The molecule has 0 spiro atoms. The third-order valence-corrected chi connectivity index (χ3v) is 6.33. The smallest absolute Gasteiger partial charge is 0.392 e. The molecular formula is C21H27F3N5O2PS. The van der Waals surface area contributed by atoms with Crippen LogP contribution in [-0.4, -0.2) is 50.9 Å². The highest BCUT2D eigenvalue weighted by Gasteiger charge is 2.26. The summed E-state index contributed by atoms with van der Waals surface area (Å²) in [4.78, 5) is 14.0. The molecule has 33 heavy (non-hydrogen) atoms. The second kappa shape index (κ2) is 11.4. The fraction of sp³-hybridized carbons (Fsp3) is 0.476. The first-order valence-corrected chi connectivity index (χ1v) is 12.6. The minimum absolute atomic E-state index is 0.0579. The predicted octanol–water partition coefficient (Wildman–Crippen LogP) is 5.20. The molecule has 0 saturated carbocycles. The quantitative estimate of drug-likeness (QED) is 0.220. The summed E-state index contributed by atoms with van der Waals surface area (Å²) in [6, 6.07) is 7.70. The maximum Gasteiger partial charge on any atom is 0.392 e. The molecule has 2 N–H and O–H groups in total. The summed E-state index contributed by atoms with van der Waals surface area (Å²) in [5.74, 6) is 1.36. The molecule has 0 amide bonds. The van der Waals surface area contributed by atoms with E-state index in [1.165, 1.54) is 11.8 Å². The van der Waals surface area contributed by atoms with Gasteiger partial charge in [-0.15, -0.1) is 0 Å². The molecule has 0 fully saturated rings. The fourth-order valence-corrected chi connectivity index (χ4v) is 4.50. The Morgan fingerprint density at radius 3 is 2.55 bits per heavy atom. The number of benzene rings is 1. The summed E-state index contributed by atoms with van der Waals surface area (Å²) in [6.45, 7) is 7.02. The van der Waals surface area contributed by atoms with Crippen molar-refractivity contribution in [2.24, 2.45) is 5.92 Å². The van der Waals surface area contributed by atoms with Crippen LogP contribution in [0.4, 0.5) is 19.1 Å². The molecule has 0 aliphatic heterocycles. The van der Waals surface area contributed by atoms with Crippen LogP contribution in [0.3, 0.4) is 0 Å². The van der Waals surface area contributed by atoms with E-state index < -0.39 is 12.3 Å². The normalized spacial score (nSPS) is 13.4. The van der Waals surface area contributed by atoms with Gasteiger partial charge in [0.05, 0.1) is 38.1 Å². The number of anilines is 1. The van der Waals surface area contributed by atoms with Crippen LogP contribution in [0.5, 0.6) is 5.75 Å². The lowest BCUT2D eigenvalue weighted by Crippen LogP contribution is -2.17. The highest BCUT2D eigenvalue weighted by Crippen LogP contribution is 2.32. The molecule has 3 rings (SSSR count). The van der Waals surface area contributed by atoms with E-state index in [9.17, 15) is 13.2 Å². The molecule has 1 aromatic carbocycles. The van der Waals surface area contributed by atoms with Gasteiger partial charge in [-0.25, -0.2) is 9.97 Å². The molecule has 180 valence electrons. The zero-order chi connectivity index (χ0) is 24.0. The van der Waals surface area contributed by atoms with Crippen molar-refractivity contribution in [3.8, 4) is 5.75 Å². The van der Waals surface area contributed by atoms with E-state index in [1.807, 2.05) is 24.3 Å². The molecule has 0 bridgehead atoms. The maximum atomic E-state index is 12.3. The molecule has 2 unspecified atom stereocenters. The summed E-state index contributed by atoms with van der Waals surface area (Å²) >= 11 is 1.42. The summed E-state index contributed by atoms with van der Waals surface area (Å²) in [5.41, 5.74) is 7.08. The van der Waals surface area contributed by atoms with E-state index in [0.29, 0.717) is 35.3 Å². The molecule has 3 aromatic rings. The van der Waals surface area contributed by atoms with E-state index in [1.54, 1.807) is 17.8 Å². The number of hydrogen-bond acceptors (Lipinski definition) is 7. The third kappa shape index (κ3) is 8.01. The average molecular weight is 502 g/mol. The zero-order valence-corrected chi connectivity index (χ0v) is 20.4. The van der Waals surface area contributed by atoms with Gasteiger partial charge < -0.3 is 19.8 Å². The Kier molecular flexibility index (Phi) is 8.78.